The largest absolute Gasteiger partial charge is 0.497 e. The van der Waals surface area contributed by atoms with E-state index in [2.05, 4.69) is 6.08 Å². The first-order valence-electron chi connectivity index (χ1n) is 7.94. The summed E-state index contributed by atoms with van der Waals surface area (Å²) in [6.07, 6.45) is 2.95. The van der Waals surface area contributed by atoms with Gasteiger partial charge in [0, 0.05) is 11.4 Å². The summed E-state index contributed by atoms with van der Waals surface area (Å²) in [7, 11) is 1.66. The number of benzene rings is 1. The number of rotatable bonds is 2. The van der Waals surface area contributed by atoms with E-state index in [4.69, 9.17) is 9.72 Å². The minimum atomic E-state index is 0.0926. The number of allylic oxidation sites excluding steroid dienone is 1. The van der Waals surface area contributed by atoms with Crippen molar-refractivity contribution in [2.75, 3.05) is 7.11 Å². The number of thiophene rings is 1. The normalized spacial score (nSPS) is 15.2. The van der Waals surface area contributed by atoms with E-state index in [-0.39, 0.29) is 5.56 Å². The van der Waals surface area contributed by atoms with Crippen molar-refractivity contribution in [3.05, 3.63) is 56.4 Å². The topological polar surface area (TPSA) is 44.1 Å². The van der Waals surface area contributed by atoms with Gasteiger partial charge in [-0.3, -0.25) is 9.36 Å². The summed E-state index contributed by atoms with van der Waals surface area (Å²) in [4.78, 5) is 19.6. The van der Waals surface area contributed by atoms with Gasteiger partial charge in [0.05, 0.1) is 12.5 Å². The van der Waals surface area contributed by atoms with Crippen LogP contribution in [0.25, 0.3) is 21.9 Å². The molecular formula is C19H18N2O2S. The standard InChI is InChI=1S/C19H18N2O2S/c1-11-12(2)24-18-16(11)19(22)21-9-8-14(17(21)20-18)10-13-4-6-15(23-3)7-5-13/h4-7,10H,8-9H2,1-3H3/b14-10+. The fourth-order valence-corrected chi connectivity index (χ4v) is 4.18. The van der Waals surface area contributed by atoms with Gasteiger partial charge in [-0.25, -0.2) is 4.98 Å². The molecule has 1 aliphatic rings. The summed E-state index contributed by atoms with van der Waals surface area (Å²) in [5.41, 5.74) is 3.36. The Kier molecular flexibility index (Phi) is 3.53. The van der Waals surface area contributed by atoms with Crippen LogP contribution in [0.4, 0.5) is 0 Å². The van der Waals surface area contributed by atoms with Gasteiger partial charge in [0.25, 0.3) is 5.56 Å². The second kappa shape index (κ2) is 5.60. The first-order valence-corrected chi connectivity index (χ1v) is 8.75. The zero-order valence-corrected chi connectivity index (χ0v) is 14.7. The maximum absolute atomic E-state index is 12.8. The highest BCUT2D eigenvalue weighted by atomic mass is 32.1. The average molecular weight is 338 g/mol. The van der Waals surface area contributed by atoms with E-state index in [0.29, 0.717) is 6.54 Å². The summed E-state index contributed by atoms with van der Waals surface area (Å²) in [6.45, 7) is 4.76. The Morgan fingerprint density at radius 1 is 1.25 bits per heavy atom. The molecular weight excluding hydrogens is 320 g/mol. The van der Waals surface area contributed by atoms with Crippen molar-refractivity contribution in [3.63, 3.8) is 0 Å². The fraction of sp³-hybridized carbons (Fsp3) is 0.263. The van der Waals surface area contributed by atoms with E-state index in [1.165, 1.54) is 4.88 Å². The zero-order chi connectivity index (χ0) is 16.8. The molecule has 122 valence electrons. The SMILES string of the molecule is COc1ccc(/C=C2\CCn3c2nc2sc(C)c(C)c2c3=O)cc1. The second-order valence-electron chi connectivity index (χ2n) is 6.05. The van der Waals surface area contributed by atoms with E-state index >= 15 is 0 Å². The van der Waals surface area contributed by atoms with E-state index < -0.39 is 0 Å². The van der Waals surface area contributed by atoms with Crippen LogP contribution in [0.15, 0.2) is 29.1 Å². The monoisotopic (exact) mass is 338 g/mol. The Bertz CT molecular complexity index is 1030. The maximum atomic E-state index is 12.8. The van der Waals surface area contributed by atoms with Crippen molar-refractivity contribution in [2.45, 2.75) is 26.8 Å². The molecule has 3 aromatic rings. The molecule has 0 amide bonds. The number of aromatic nitrogens is 2. The van der Waals surface area contributed by atoms with Crippen LogP contribution in [-0.2, 0) is 6.54 Å². The van der Waals surface area contributed by atoms with Gasteiger partial charge in [0.15, 0.2) is 0 Å². The third-order valence-corrected chi connectivity index (χ3v) is 5.74. The molecule has 0 bridgehead atoms. The summed E-state index contributed by atoms with van der Waals surface area (Å²) in [5.74, 6) is 1.65. The van der Waals surface area contributed by atoms with Crippen molar-refractivity contribution in [1.29, 1.82) is 0 Å². The van der Waals surface area contributed by atoms with Crippen molar-refractivity contribution >= 4 is 33.2 Å². The Labute approximate surface area is 144 Å². The molecule has 3 heterocycles. The Hall–Kier alpha value is -2.40. The summed E-state index contributed by atoms with van der Waals surface area (Å²) >= 11 is 1.60. The van der Waals surface area contributed by atoms with Gasteiger partial charge in [-0.2, -0.15) is 0 Å². The lowest BCUT2D eigenvalue weighted by molar-refractivity contribution is 0.415. The summed E-state index contributed by atoms with van der Waals surface area (Å²) < 4.78 is 7.01. The molecule has 0 atom stereocenters. The second-order valence-corrected chi connectivity index (χ2v) is 7.25. The van der Waals surface area contributed by atoms with E-state index in [9.17, 15) is 4.79 Å². The molecule has 1 aliphatic heterocycles. The maximum Gasteiger partial charge on any atom is 0.262 e. The predicted molar refractivity (Wildman–Crippen MR) is 98.8 cm³/mol. The number of hydrogen-bond donors (Lipinski definition) is 0. The minimum Gasteiger partial charge on any atom is -0.497 e. The molecule has 0 saturated heterocycles. The minimum absolute atomic E-state index is 0.0926. The highest BCUT2D eigenvalue weighted by Crippen LogP contribution is 2.32. The van der Waals surface area contributed by atoms with Crippen LogP contribution in [0.1, 0.15) is 28.2 Å². The summed E-state index contributed by atoms with van der Waals surface area (Å²) in [5, 5.41) is 0.784. The zero-order valence-electron chi connectivity index (χ0n) is 13.9. The number of ether oxygens (including phenoxy) is 1. The number of methoxy groups -OCH3 is 1. The quantitative estimate of drug-likeness (QED) is 0.709. The Morgan fingerprint density at radius 2 is 2.00 bits per heavy atom. The third-order valence-electron chi connectivity index (χ3n) is 4.64. The van der Waals surface area contributed by atoms with Gasteiger partial charge < -0.3 is 4.74 Å². The van der Waals surface area contributed by atoms with Crippen LogP contribution < -0.4 is 10.3 Å². The lowest BCUT2D eigenvalue weighted by Gasteiger charge is -2.04. The van der Waals surface area contributed by atoms with Crippen molar-refractivity contribution in [1.82, 2.24) is 9.55 Å². The highest BCUT2D eigenvalue weighted by molar-refractivity contribution is 7.18. The van der Waals surface area contributed by atoms with E-state index in [1.54, 1.807) is 18.4 Å². The van der Waals surface area contributed by atoms with Gasteiger partial charge in [0.2, 0.25) is 0 Å². The molecule has 5 heteroatoms. The third kappa shape index (κ3) is 2.27. The first kappa shape index (κ1) is 15.1. The first-order chi connectivity index (χ1) is 11.6. The molecule has 4 nitrogen and oxygen atoms in total. The molecule has 0 spiro atoms. The predicted octanol–water partition coefficient (Wildman–Crippen LogP) is 4.03. The molecule has 1 aromatic carbocycles. The van der Waals surface area contributed by atoms with Crippen molar-refractivity contribution in [3.8, 4) is 5.75 Å². The van der Waals surface area contributed by atoms with Gasteiger partial charge >= 0.3 is 0 Å². The molecule has 0 fully saturated rings. The van der Waals surface area contributed by atoms with Gasteiger partial charge in [-0.05, 0) is 55.2 Å². The lowest BCUT2D eigenvalue weighted by atomic mass is 10.1. The number of hydrogen-bond acceptors (Lipinski definition) is 4. The number of nitrogens with zero attached hydrogens (tertiary/aromatic N) is 2. The Balaban J connectivity index is 1.85. The molecule has 0 unspecified atom stereocenters. The van der Waals surface area contributed by atoms with Gasteiger partial charge in [0.1, 0.15) is 16.4 Å². The van der Waals surface area contributed by atoms with Gasteiger partial charge in [-0.1, -0.05) is 12.1 Å². The van der Waals surface area contributed by atoms with E-state index in [1.807, 2.05) is 42.7 Å². The van der Waals surface area contributed by atoms with Crippen molar-refractivity contribution < 1.29 is 4.74 Å². The Morgan fingerprint density at radius 3 is 2.71 bits per heavy atom. The number of aryl methyl sites for hydroxylation is 2. The molecule has 0 radical (unpaired) electrons. The highest BCUT2D eigenvalue weighted by Gasteiger charge is 2.23. The number of fused-ring (bicyclic) bond motifs is 2. The van der Waals surface area contributed by atoms with Crippen LogP contribution in [0.2, 0.25) is 0 Å². The molecule has 0 aliphatic carbocycles. The van der Waals surface area contributed by atoms with E-state index in [0.717, 1.165) is 44.9 Å². The molecule has 2 aromatic heterocycles. The smallest absolute Gasteiger partial charge is 0.262 e. The molecule has 24 heavy (non-hydrogen) atoms. The summed E-state index contributed by atoms with van der Waals surface area (Å²) in [6, 6.07) is 7.92. The van der Waals surface area contributed by atoms with Crippen LogP contribution >= 0.6 is 11.3 Å². The van der Waals surface area contributed by atoms with Gasteiger partial charge in [-0.15, -0.1) is 11.3 Å². The van der Waals surface area contributed by atoms with Crippen LogP contribution in [0, 0.1) is 13.8 Å². The van der Waals surface area contributed by atoms with Crippen molar-refractivity contribution in [2.24, 2.45) is 0 Å². The molecule has 0 saturated carbocycles. The van der Waals surface area contributed by atoms with Crippen LogP contribution in [0.5, 0.6) is 5.75 Å². The molecule has 4 rings (SSSR count). The molecule has 0 N–H and O–H groups in total. The van der Waals surface area contributed by atoms with Crippen LogP contribution in [-0.4, -0.2) is 16.7 Å². The fourth-order valence-electron chi connectivity index (χ4n) is 3.16. The van der Waals surface area contributed by atoms with Crippen LogP contribution in [0.3, 0.4) is 0 Å². The lowest BCUT2D eigenvalue weighted by Crippen LogP contribution is -2.20. The average Bonchev–Trinajstić information content (AvgIpc) is 3.11.